The molecule has 0 spiro atoms. The highest BCUT2D eigenvalue weighted by Crippen LogP contribution is 2.17. The second kappa shape index (κ2) is 8.60. The Morgan fingerprint density at radius 2 is 2.15 bits per heavy atom. The summed E-state index contributed by atoms with van der Waals surface area (Å²) in [6.07, 6.45) is 8.89. The first kappa shape index (κ1) is 18.8. The largest absolute Gasteiger partial charge is 0.352 e. The molecule has 0 aliphatic carbocycles. The number of hydrogen-bond acceptors (Lipinski definition) is 5. The third-order valence-corrected chi connectivity index (χ3v) is 5.39. The molecule has 3 rings (SSSR count). The SMILES string of the molecule is CCN(CC)Cc1cnc2c(C(=O)NCCC3CCCN3C)cnn2c1. The molecule has 1 N–H and O–H groups in total. The van der Waals surface area contributed by atoms with Crippen LogP contribution in [0.4, 0.5) is 0 Å². The van der Waals surface area contributed by atoms with Crippen LogP contribution in [0, 0.1) is 0 Å². The standard InChI is InChI=1S/C19H30N6O/c1-4-24(5-2)13-15-11-21-18-17(12-22-25(18)14-15)19(26)20-9-8-16-7-6-10-23(16)3/h11-12,14,16H,4-10,13H2,1-3H3,(H,20,26). The van der Waals surface area contributed by atoms with Crippen molar-refractivity contribution in [1.29, 1.82) is 0 Å². The predicted molar refractivity (Wildman–Crippen MR) is 102 cm³/mol. The first-order valence-corrected chi connectivity index (χ1v) is 9.65. The summed E-state index contributed by atoms with van der Waals surface area (Å²) in [5, 5.41) is 7.35. The van der Waals surface area contributed by atoms with E-state index in [-0.39, 0.29) is 5.91 Å². The number of carbonyl (C=O) groups is 1. The zero-order valence-electron chi connectivity index (χ0n) is 16.1. The molecule has 1 saturated heterocycles. The molecule has 1 aliphatic rings. The molecule has 0 radical (unpaired) electrons. The van der Waals surface area contributed by atoms with E-state index in [1.54, 1.807) is 10.7 Å². The molecule has 0 saturated carbocycles. The highest BCUT2D eigenvalue weighted by Gasteiger charge is 2.21. The van der Waals surface area contributed by atoms with Crippen molar-refractivity contribution >= 4 is 11.6 Å². The molecule has 1 amide bonds. The van der Waals surface area contributed by atoms with Gasteiger partial charge in [0.2, 0.25) is 0 Å². The number of hydrogen-bond donors (Lipinski definition) is 1. The van der Waals surface area contributed by atoms with Crippen LogP contribution in [0.1, 0.15) is 49.0 Å². The molecule has 7 nitrogen and oxygen atoms in total. The van der Waals surface area contributed by atoms with Gasteiger partial charge in [-0.1, -0.05) is 13.8 Å². The van der Waals surface area contributed by atoms with Crippen LogP contribution in [0.5, 0.6) is 0 Å². The molecule has 1 atom stereocenters. The highest BCUT2D eigenvalue weighted by atomic mass is 16.1. The zero-order valence-corrected chi connectivity index (χ0v) is 16.1. The third kappa shape index (κ3) is 4.22. The van der Waals surface area contributed by atoms with Crippen molar-refractivity contribution in [3.8, 4) is 0 Å². The average molecular weight is 358 g/mol. The van der Waals surface area contributed by atoms with Crippen LogP contribution in [-0.4, -0.2) is 69.6 Å². The molecule has 26 heavy (non-hydrogen) atoms. The van der Waals surface area contributed by atoms with Crippen molar-refractivity contribution in [2.24, 2.45) is 0 Å². The molecular weight excluding hydrogens is 328 g/mol. The van der Waals surface area contributed by atoms with Gasteiger partial charge in [-0.2, -0.15) is 5.10 Å². The number of likely N-dealkylation sites (tertiary alicyclic amines) is 1. The molecular formula is C19H30N6O. The number of aromatic nitrogens is 3. The number of nitrogens with zero attached hydrogens (tertiary/aromatic N) is 5. The van der Waals surface area contributed by atoms with Crippen molar-refractivity contribution < 1.29 is 4.79 Å². The number of fused-ring (bicyclic) bond motifs is 1. The van der Waals surface area contributed by atoms with Crippen molar-refractivity contribution in [3.05, 3.63) is 29.7 Å². The van der Waals surface area contributed by atoms with Gasteiger partial charge in [-0.05, 0) is 45.9 Å². The van der Waals surface area contributed by atoms with E-state index in [9.17, 15) is 4.79 Å². The van der Waals surface area contributed by atoms with Gasteiger partial charge in [-0.15, -0.1) is 0 Å². The average Bonchev–Trinajstić information content (AvgIpc) is 3.25. The quantitative estimate of drug-likeness (QED) is 0.779. The minimum Gasteiger partial charge on any atom is -0.352 e. The Morgan fingerprint density at radius 3 is 2.85 bits per heavy atom. The van der Waals surface area contributed by atoms with Crippen LogP contribution >= 0.6 is 0 Å². The summed E-state index contributed by atoms with van der Waals surface area (Å²) in [6, 6.07) is 0.583. The molecule has 2 aromatic heterocycles. The van der Waals surface area contributed by atoms with Gasteiger partial charge < -0.3 is 10.2 Å². The maximum Gasteiger partial charge on any atom is 0.256 e. The molecule has 2 aromatic rings. The van der Waals surface area contributed by atoms with Crippen LogP contribution in [0.15, 0.2) is 18.6 Å². The fourth-order valence-electron chi connectivity index (χ4n) is 3.65. The Bertz CT molecular complexity index is 739. The van der Waals surface area contributed by atoms with Crippen molar-refractivity contribution in [2.75, 3.05) is 33.2 Å². The van der Waals surface area contributed by atoms with Crippen molar-refractivity contribution in [1.82, 2.24) is 29.7 Å². The lowest BCUT2D eigenvalue weighted by molar-refractivity contribution is 0.0951. The van der Waals surface area contributed by atoms with Crippen molar-refractivity contribution in [2.45, 2.75) is 45.7 Å². The molecule has 0 bridgehead atoms. The Labute approximate surface area is 155 Å². The predicted octanol–water partition coefficient (Wildman–Crippen LogP) is 1.79. The number of carbonyl (C=O) groups excluding carboxylic acids is 1. The highest BCUT2D eigenvalue weighted by molar-refractivity contribution is 5.99. The van der Waals surface area contributed by atoms with Gasteiger partial charge in [0.25, 0.3) is 5.91 Å². The monoisotopic (exact) mass is 358 g/mol. The molecule has 3 heterocycles. The van der Waals surface area contributed by atoms with Crippen LogP contribution in [0.3, 0.4) is 0 Å². The topological polar surface area (TPSA) is 65.8 Å². The van der Waals surface area contributed by atoms with E-state index in [0.717, 1.165) is 38.2 Å². The molecule has 1 aliphatic heterocycles. The van der Waals surface area contributed by atoms with Crippen LogP contribution in [0.25, 0.3) is 5.65 Å². The smallest absolute Gasteiger partial charge is 0.256 e. The summed E-state index contributed by atoms with van der Waals surface area (Å²) in [6.45, 7) is 8.98. The van der Waals surface area contributed by atoms with E-state index in [1.807, 2.05) is 12.4 Å². The first-order valence-electron chi connectivity index (χ1n) is 9.65. The van der Waals surface area contributed by atoms with E-state index in [0.29, 0.717) is 23.8 Å². The van der Waals surface area contributed by atoms with Gasteiger partial charge in [0.1, 0.15) is 5.56 Å². The summed E-state index contributed by atoms with van der Waals surface area (Å²) >= 11 is 0. The third-order valence-electron chi connectivity index (χ3n) is 5.39. The number of rotatable bonds is 8. The maximum atomic E-state index is 12.5. The Balaban J connectivity index is 1.61. The first-order chi connectivity index (χ1) is 12.6. The summed E-state index contributed by atoms with van der Waals surface area (Å²) in [4.78, 5) is 21.7. The fourth-order valence-corrected chi connectivity index (χ4v) is 3.65. The number of nitrogens with one attached hydrogen (secondary N) is 1. The maximum absolute atomic E-state index is 12.5. The molecule has 142 valence electrons. The minimum atomic E-state index is -0.0929. The normalized spacial score (nSPS) is 18.1. The summed E-state index contributed by atoms with van der Waals surface area (Å²) in [7, 11) is 2.16. The van der Waals surface area contributed by atoms with Gasteiger partial charge in [0.05, 0.1) is 6.20 Å². The van der Waals surface area contributed by atoms with Crippen LogP contribution in [0.2, 0.25) is 0 Å². The van der Waals surface area contributed by atoms with E-state index < -0.39 is 0 Å². The van der Waals surface area contributed by atoms with E-state index >= 15 is 0 Å². The van der Waals surface area contributed by atoms with Crippen LogP contribution in [-0.2, 0) is 6.54 Å². The molecule has 7 heteroatoms. The van der Waals surface area contributed by atoms with E-state index in [1.165, 1.54) is 12.8 Å². The van der Waals surface area contributed by atoms with Gasteiger partial charge in [0, 0.05) is 37.1 Å². The van der Waals surface area contributed by atoms with Crippen molar-refractivity contribution in [3.63, 3.8) is 0 Å². The van der Waals surface area contributed by atoms with Gasteiger partial charge in [0.15, 0.2) is 5.65 Å². The lowest BCUT2D eigenvalue weighted by Crippen LogP contribution is -2.31. The molecule has 1 unspecified atom stereocenters. The molecule has 0 aromatic carbocycles. The summed E-state index contributed by atoms with van der Waals surface area (Å²) < 4.78 is 1.71. The van der Waals surface area contributed by atoms with Gasteiger partial charge >= 0.3 is 0 Å². The van der Waals surface area contributed by atoms with E-state index in [4.69, 9.17) is 0 Å². The Hall–Kier alpha value is -1.99. The lowest BCUT2D eigenvalue weighted by Gasteiger charge is -2.19. The molecule has 1 fully saturated rings. The second-order valence-corrected chi connectivity index (χ2v) is 7.07. The Kier molecular flexibility index (Phi) is 6.21. The minimum absolute atomic E-state index is 0.0929. The van der Waals surface area contributed by atoms with Gasteiger partial charge in [-0.3, -0.25) is 9.69 Å². The summed E-state index contributed by atoms with van der Waals surface area (Å²) in [5.74, 6) is -0.0929. The van der Waals surface area contributed by atoms with Crippen LogP contribution < -0.4 is 5.32 Å². The number of amides is 1. The Morgan fingerprint density at radius 1 is 1.35 bits per heavy atom. The van der Waals surface area contributed by atoms with Gasteiger partial charge in [-0.25, -0.2) is 9.50 Å². The summed E-state index contributed by atoms with van der Waals surface area (Å²) in [5.41, 5.74) is 2.25. The second-order valence-electron chi connectivity index (χ2n) is 7.07. The lowest BCUT2D eigenvalue weighted by atomic mass is 10.1. The zero-order chi connectivity index (χ0) is 18.5. The fraction of sp³-hybridized carbons (Fsp3) is 0.632. The van der Waals surface area contributed by atoms with E-state index in [2.05, 4.69) is 46.1 Å².